The van der Waals surface area contributed by atoms with E-state index in [2.05, 4.69) is 44.5 Å². The van der Waals surface area contributed by atoms with Crippen molar-refractivity contribution in [3.05, 3.63) is 28.2 Å². The van der Waals surface area contributed by atoms with E-state index >= 15 is 0 Å². The van der Waals surface area contributed by atoms with Crippen molar-refractivity contribution in [2.24, 2.45) is 0 Å². The Morgan fingerprint density at radius 2 is 2.15 bits per heavy atom. The standard InChI is InChI=1S/C9H8Br2OS/c1-5(10)9(12)7-3-2-6(11)4-8(7)13/h2-5,13H,1H3. The first-order valence-corrected chi connectivity index (χ1v) is 5.84. The number of alkyl halides is 1. The topological polar surface area (TPSA) is 17.1 Å². The molecule has 0 fully saturated rings. The summed E-state index contributed by atoms with van der Waals surface area (Å²) in [5.41, 5.74) is 0.649. The smallest absolute Gasteiger partial charge is 0.177 e. The minimum Gasteiger partial charge on any atom is -0.293 e. The largest absolute Gasteiger partial charge is 0.293 e. The van der Waals surface area contributed by atoms with E-state index in [1.807, 2.05) is 12.1 Å². The van der Waals surface area contributed by atoms with Crippen LogP contribution in [0.1, 0.15) is 17.3 Å². The Morgan fingerprint density at radius 3 is 2.62 bits per heavy atom. The van der Waals surface area contributed by atoms with Gasteiger partial charge in [0.15, 0.2) is 5.78 Å². The van der Waals surface area contributed by atoms with Crippen LogP contribution >= 0.6 is 44.5 Å². The van der Waals surface area contributed by atoms with Crippen LogP contribution in [0.2, 0.25) is 0 Å². The maximum Gasteiger partial charge on any atom is 0.177 e. The monoisotopic (exact) mass is 322 g/mol. The number of rotatable bonds is 2. The molecule has 70 valence electrons. The lowest BCUT2D eigenvalue weighted by molar-refractivity contribution is 0.0993. The average Bonchev–Trinajstić information content (AvgIpc) is 2.03. The summed E-state index contributed by atoms with van der Waals surface area (Å²) >= 11 is 10.8. The lowest BCUT2D eigenvalue weighted by Gasteiger charge is -2.05. The second-order valence-electron chi connectivity index (χ2n) is 2.64. The molecule has 1 aromatic carbocycles. The minimum absolute atomic E-state index is 0.0532. The van der Waals surface area contributed by atoms with Crippen LogP contribution in [-0.2, 0) is 0 Å². The maximum absolute atomic E-state index is 11.6. The predicted octanol–water partition coefficient (Wildman–Crippen LogP) is 3.70. The number of carbonyl (C=O) groups excluding carboxylic acids is 1. The lowest BCUT2D eigenvalue weighted by Crippen LogP contribution is -2.10. The Morgan fingerprint density at radius 1 is 1.54 bits per heavy atom. The van der Waals surface area contributed by atoms with Gasteiger partial charge in [0, 0.05) is 14.9 Å². The van der Waals surface area contributed by atoms with E-state index in [1.165, 1.54) is 0 Å². The van der Waals surface area contributed by atoms with E-state index in [0.29, 0.717) is 10.5 Å². The van der Waals surface area contributed by atoms with Crippen molar-refractivity contribution in [2.45, 2.75) is 16.6 Å². The van der Waals surface area contributed by atoms with E-state index in [4.69, 9.17) is 0 Å². The zero-order valence-corrected chi connectivity index (χ0v) is 11.0. The highest BCUT2D eigenvalue weighted by molar-refractivity contribution is 9.10. The third-order valence-corrected chi connectivity index (χ3v) is 2.87. The molecule has 0 spiro atoms. The van der Waals surface area contributed by atoms with Crippen molar-refractivity contribution in [2.75, 3.05) is 0 Å². The third-order valence-electron chi connectivity index (χ3n) is 1.59. The van der Waals surface area contributed by atoms with Gasteiger partial charge in [0.1, 0.15) is 0 Å². The summed E-state index contributed by atoms with van der Waals surface area (Å²) in [6.07, 6.45) is 0. The molecule has 0 aliphatic heterocycles. The van der Waals surface area contributed by atoms with Crippen LogP contribution < -0.4 is 0 Å². The fourth-order valence-electron chi connectivity index (χ4n) is 0.927. The van der Waals surface area contributed by atoms with Crippen LogP contribution in [0, 0.1) is 0 Å². The number of benzene rings is 1. The van der Waals surface area contributed by atoms with Crippen molar-refractivity contribution < 1.29 is 4.79 Å². The van der Waals surface area contributed by atoms with Gasteiger partial charge in [-0.05, 0) is 25.1 Å². The van der Waals surface area contributed by atoms with Gasteiger partial charge in [-0.25, -0.2) is 0 Å². The zero-order valence-electron chi connectivity index (χ0n) is 6.92. The van der Waals surface area contributed by atoms with Gasteiger partial charge >= 0.3 is 0 Å². The van der Waals surface area contributed by atoms with Crippen molar-refractivity contribution in [3.8, 4) is 0 Å². The summed E-state index contributed by atoms with van der Waals surface area (Å²) in [6.45, 7) is 1.80. The Kier molecular flexibility index (Phi) is 4.01. The van der Waals surface area contributed by atoms with Crippen molar-refractivity contribution in [1.82, 2.24) is 0 Å². The number of carbonyl (C=O) groups is 1. The summed E-state index contributed by atoms with van der Waals surface area (Å²) in [5, 5.41) is 0. The highest BCUT2D eigenvalue weighted by Crippen LogP contribution is 2.22. The van der Waals surface area contributed by atoms with Crippen LogP contribution in [0.5, 0.6) is 0 Å². The van der Waals surface area contributed by atoms with E-state index in [0.717, 1.165) is 4.47 Å². The summed E-state index contributed by atoms with van der Waals surface area (Å²) in [6, 6.07) is 5.42. The van der Waals surface area contributed by atoms with Crippen molar-refractivity contribution in [1.29, 1.82) is 0 Å². The second kappa shape index (κ2) is 4.62. The first-order chi connectivity index (χ1) is 6.02. The van der Waals surface area contributed by atoms with Gasteiger partial charge in [-0.3, -0.25) is 4.79 Å². The van der Waals surface area contributed by atoms with Gasteiger partial charge < -0.3 is 0 Å². The SMILES string of the molecule is CC(Br)C(=O)c1ccc(Br)cc1S. The Balaban J connectivity index is 3.09. The molecule has 0 amide bonds. The molecule has 4 heteroatoms. The van der Waals surface area contributed by atoms with Gasteiger partial charge in [0.05, 0.1) is 4.83 Å². The second-order valence-corrected chi connectivity index (χ2v) is 5.41. The molecular weight excluding hydrogens is 316 g/mol. The molecule has 1 unspecified atom stereocenters. The molecule has 0 bridgehead atoms. The van der Waals surface area contributed by atoms with E-state index in [9.17, 15) is 4.79 Å². The lowest BCUT2D eigenvalue weighted by atomic mass is 10.1. The van der Waals surface area contributed by atoms with Gasteiger partial charge in [-0.1, -0.05) is 31.9 Å². The Hall–Kier alpha value is 0.200. The average molecular weight is 324 g/mol. The molecule has 0 heterocycles. The number of halogens is 2. The summed E-state index contributed by atoms with van der Waals surface area (Å²) < 4.78 is 0.927. The Labute approximate surface area is 99.6 Å². The molecule has 0 saturated heterocycles. The molecular formula is C9H8Br2OS. The Bertz CT molecular complexity index is 336. The van der Waals surface area contributed by atoms with Gasteiger partial charge in [-0.15, -0.1) is 12.6 Å². The normalized spacial score (nSPS) is 12.6. The molecule has 13 heavy (non-hydrogen) atoms. The molecule has 1 rings (SSSR count). The first-order valence-electron chi connectivity index (χ1n) is 3.69. The molecule has 1 atom stereocenters. The number of hydrogen-bond donors (Lipinski definition) is 1. The maximum atomic E-state index is 11.6. The highest BCUT2D eigenvalue weighted by Gasteiger charge is 2.14. The molecule has 0 aromatic heterocycles. The molecule has 0 aliphatic carbocycles. The fraction of sp³-hybridized carbons (Fsp3) is 0.222. The number of thiol groups is 1. The molecule has 1 nitrogen and oxygen atoms in total. The summed E-state index contributed by atoms with van der Waals surface area (Å²) in [7, 11) is 0. The summed E-state index contributed by atoms with van der Waals surface area (Å²) in [5.74, 6) is 0.0532. The number of Topliss-reactive ketones (excluding diaryl/α,β-unsaturated/α-hetero) is 1. The fourth-order valence-corrected chi connectivity index (χ4v) is 2.04. The van der Waals surface area contributed by atoms with Gasteiger partial charge in [-0.2, -0.15) is 0 Å². The molecule has 0 aliphatic rings. The minimum atomic E-state index is -0.167. The van der Waals surface area contributed by atoms with Crippen molar-refractivity contribution >= 4 is 50.3 Å². The molecule has 0 radical (unpaired) electrons. The van der Waals surface area contributed by atoms with Crippen molar-refractivity contribution in [3.63, 3.8) is 0 Å². The first kappa shape index (κ1) is 11.3. The van der Waals surface area contributed by atoms with Crippen LogP contribution in [0.25, 0.3) is 0 Å². The molecule has 1 aromatic rings. The quantitative estimate of drug-likeness (QED) is 0.499. The summed E-state index contributed by atoms with van der Waals surface area (Å²) in [4.78, 5) is 12.1. The van der Waals surface area contributed by atoms with E-state index in [-0.39, 0.29) is 10.6 Å². The molecule has 0 saturated carbocycles. The van der Waals surface area contributed by atoms with E-state index in [1.54, 1.807) is 13.0 Å². The predicted molar refractivity (Wildman–Crippen MR) is 64.1 cm³/mol. The van der Waals surface area contributed by atoms with Crippen LogP contribution in [0.4, 0.5) is 0 Å². The van der Waals surface area contributed by atoms with E-state index < -0.39 is 0 Å². The highest BCUT2D eigenvalue weighted by atomic mass is 79.9. The van der Waals surface area contributed by atoms with Crippen LogP contribution in [-0.4, -0.2) is 10.6 Å². The number of ketones is 1. The van der Waals surface area contributed by atoms with Gasteiger partial charge in [0.2, 0.25) is 0 Å². The van der Waals surface area contributed by atoms with Gasteiger partial charge in [0.25, 0.3) is 0 Å². The van der Waals surface area contributed by atoms with Crippen LogP contribution in [0.15, 0.2) is 27.6 Å². The van der Waals surface area contributed by atoms with Crippen LogP contribution in [0.3, 0.4) is 0 Å². The number of hydrogen-bond acceptors (Lipinski definition) is 2. The molecule has 0 N–H and O–H groups in total. The zero-order chi connectivity index (χ0) is 10.0. The third kappa shape index (κ3) is 2.82.